The first kappa shape index (κ1) is 20.6. The van der Waals surface area contributed by atoms with Gasteiger partial charge in [0.15, 0.2) is 0 Å². The Morgan fingerprint density at radius 2 is 1.71 bits per heavy atom. The number of carboxylic acid groups (broad SMARTS) is 1. The summed E-state index contributed by atoms with van der Waals surface area (Å²) in [5, 5.41) is 10.2. The minimum Gasteiger partial charge on any atom is -0.449 e. The molecule has 4 nitrogen and oxygen atoms in total. The van der Waals surface area contributed by atoms with Gasteiger partial charge in [0.1, 0.15) is 5.75 Å². The van der Waals surface area contributed by atoms with E-state index in [1.807, 2.05) is 30.3 Å². The van der Waals surface area contributed by atoms with E-state index in [1.165, 1.54) is 16.5 Å². The molecule has 0 amide bonds. The molecule has 0 saturated heterocycles. The molecular weight excluding hydrogens is 386 g/mol. The van der Waals surface area contributed by atoms with Crippen LogP contribution in [0.15, 0.2) is 78.9 Å². The lowest BCUT2D eigenvalue weighted by Gasteiger charge is -2.11. The number of nitrogens with zero attached hydrogens (tertiary/aromatic N) is 1. The number of hydrogen-bond acceptors (Lipinski definition) is 3. The lowest BCUT2D eigenvalue weighted by molar-refractivity contribution is 0.144. The van der Waals surface area contributed by atoms with Gasteiger partial charge in [-0.3, -0.25) is 4.98 Å². The van der Waals surface area contributed by atoms with Crippen LogP contribution >= 0.6 is 0 Å². The summed E-state index contributed by atoms with van der Waals surface area (Å²) in [7, 11) is 0. The average Bonchev–Trinajstić information content (AvgIpc) is 2.78. The minimum atomic E-state index is -1.31. The Kier molecular flexibility index (Phi) is 6.27. The average molecular weight is 412 g/mol. The van der Waals surface area contributed by atoms with Crippen molar-refractivity contribution in [2.75, 3.05) is 0 Å². The van der Waals surface area contributed by atoms with Crippen molar-refractivity contribution < 1.29 is 14.6 Å². The molecule has 156 valence electrons. The normalized spacial score (nSPS) is 10.9. The fraction of sp³-hybridized carbons (Fsp3) is 0.185. The predicted octanol–water partition coefficient (Wildman–Crippen LogP) is 6.89. The molecule has 0 saturated carbocycles. The highest BCUT2D eigenvalue weighted by atomic mass is 16.7. The van der Waals surface area contributed by atoms with E-state index in [2.05, 4.69) is 43.3 Å². The Bertz CT molecular complexity index is 1200. The maximum Gasteiger partial charge on any atom is 0.511 e. The van der Waals surface area contributed by atoms with E-state index in [-0.39, 0.29) is 0 Å². The second kappa shape index (κ2) is 9.43. The molecule has 4 aromatic rings. The number of carbonyl (C=O) groups is 1. The number of unbranched alkanes of at least 4 members (excludes halogenated alkanes) is 1. The van der Waals surface area contributed by atoms with E-state index in [0.29, 0.717) is 5.75 Å². The first-order valence-corrected chi connectivity index (χ1v) is 10.6. The van der Waals surface area contributed by atoms with Crippen LogP contribution in [-0.2, 0) is 12.8 Å². The first-order chi connectivity index (χ1) is 15.1. The molecule has 0 aliphatic heterocycles. The van der Waals surface area contributed by atoms with Gasteiger partial charge < -0.3 is 9.84 Å². The van der Waals surface area contributed by atoms with E-state index in [4.69, 9.17) is 14.8 Å². The molecule has 1 heterocycles. The molecule has 0 bridgehead atoms. The maximum absolute atomic E-state index is 11.0. The van der Waals surface area contributed by atoms with E-state index in [1.54, 1.807) is 12.1 Å². The van der Waals surface area contributed by atoms with Crippen molar-refractivity contribution in [3.8, 4) is 16.9 Å². The fourth-order valence-corrected chi connectivity index (χ4v) is 3.85. The summed E-state index contributed by atoms with van der Waals surface area (Å²) in [6, 6.07) is 25.9. The van der Waals surface area contributed by atoms with Crippen LogP contribution < -0.4 is 4.74 Å². The summed E-state index contributed by atoms with van der Waals surface area (Å²) < 4.78 is 4.93. The molecule has 0 spiro atoms. The molecule has 0 unspecified atom stereocenters. The number of hydrogen-bond donors (Lipinski definition) is 1. The van der Waals surface area contributed by atoms with E-state index in [9.17, 15) is 4.79 Å². The van der Waals surface area contributed by atoms with Gasteiger partial charge in [-0.05, 0) is 54.2 Å². The summed E-state index contributed by atoms with van der Waals surface area (Å²) in [6.45, 7) is 2.20. The van der Waals surface area contributed by atoms with E-state index < -0.39 is 6.16 Å². The van der Waals surface area contributed by atoms with Crippen LogP contribution in [0.5, 0.6) is 5.75 Å². The Morgan fingerprint density at radius 1 is 0.968 bits per heavy atom. The molecule has 1 N–H and O–H groups in total. The highest BCUT2D eigenvalue weighted by molar-refractivity contribution is 5.83. The molecule has 0 radical (unpaired) electrons. The topological polar surface area (TPSA) is 59.4 Å². The van der Waals surface area contributed by atoms with Crippen molar-refractivity contribution in [1.82, 2.24) is 4.98 Å². The number of aromatic nitrogens is 1. The van der Waals surface area contributed by atoms with Crippen molar-refractivity contribution in [2.45, 2.75) is 32.6 Å². The monoisotopic (exact) mass is 411 g/mol. The molecule has 4 heteroatoms. The molecule has 3 aromatic carbocycles. The standard InChI is InChI=1S/C27H25NO3/c1-2-3-8-22-18-21(23-9-4-6-11-25(23)28-22)17-19-13-15-20(16-14-19)24-10-5-7-12-26(24)31-27(29)30/h4-7,9-16,18H,2-3,8,17H2,1H3,(H,29,30). The number of pyridine rings is 1. The van der Waals surface area contributed by atoms with Crippen LogP contribution in [0.2, 0.25) is 0 Å². The Morgan fingerprint density at radius 3 is 2.48 bits per heavy atom. The van der Waals surface area contributed by atoms with Gasteiger partial charge in [0, 0.05) is 16.6 Å². The van der Waals surface area contributed by atoms with Crippen molar-refractivity contribution in [2.24, 2.45) is 0 Å². The van der Waals surface area contributed by atoms with E-state index in [0.717, 1.165) is 48.0 Å². The van der Waals surface area contributed by atoms with Crippen LogP contribution in [0, 0.1) is 0 Å². The lowest BCUT2D eigenvalue weighted by atomic mass is 9.97. The third-order valence-electron chi connectivity index (χ3n) is 5.39. The Balaban J connectivity index is 1.63. The summed E-state index contributed by atoms with van der Waals surface area (Å²) in [6.07, 6.45) is 2.78. The van der Waals surface area contributed by atoms with Gasteiger partial charge >= 0.3 is 6.16 Å². The second-order valence-electron chi connectivity index (χ2n) is 7.63. The molecule has 0 atom stereocenters. The Labute approximate surface area is 182 Å². The summed E-state index contributed by atoms with van der Waals surface area (Å²) in [5.74, 6) is 0.337. The molecule has 0 aliphatic rings. The van der Waals surface area contributed by atoms with Gasteiger partial charge in [-0.15, -0.1) is 0 Å². The van der Waals surface area contributed by atoms with Crippen molar-refractivity contribution in [1.29, 1.82) is 0 Å². The van der Waals surface area contributed by atoms with Gasteiger partial charge in [-0.1, -0.05) is 74.0 Å². The zero-order valence-electron chi connectivity index (χ0n) is 17.5. The van der Waals surface area contributed by atoms with Gasteiger partial charge in [0.05, 0.1) is 5.52 Å². The van der Waals surface area contributed by atoms with Crippen molar-refractivity contribution in [3.63, 3.8) is 0 Å². The first-order valence-electron chi connectivity index (χ1n) is 10.6. The van der Waals surface area contributed by atoms with Gasteiger partial charge in [-0.2, -0.15) is 0 Å². The highest BCUT2D eigenvalue weighted by Gasteiger charge is 2.10. The summed E-state index contributed by atoms with van der Waals surface area (Å²) in [5.41, 5.74) is 6.34. The largest absolute Gasteiger partial charge is 0.511 e. The molecule has 4 rings (SSSR count). The smallest absolute Gasteiger partial charge is 0.449 e. The van der Waals surface area contributed by atoms with Crippen LogP contribution in [0.25, 0.3) is 22.0 Å². The molecule has 31 heavy (non-hydrogen) atoms. The van der Waals surface area contributed by atoms with Gasteiger partial charge in [0.2, 0.25) is 0 Å². The molecular formula is C27H25NO3. The fourth-order valence-electron chi connectivity index (χ4n) is 3.85. The molecule has 0 fully saturated rings. The van der Waals surface area contributed by atoms with Gasteiger partial charge in [-0.25, -0.2) is 4.79 Å². The second-order valence-corrected chi connectivity index (χ2v) is 7.63. The third-order valence-corrected chi connectivity index (χ3v) is 5.39. The Hall–Kier alpha value is -3.66. The van der Waals surface area contributed by atoms with Crippen molar-refractivity contribution >= 4 is 17.1 Å². The number of benzene rings is 3. The highest BCUT2D eigenvalue weighted by Crippen LogP contribution is 2.31. The maximum atomic E-state index is 11.0. The number of aryl methyl sites for hydroxylation is 1. The SMILES string of the molecule is CCCCc1cc(Cc2ccc(-c3ccccc3OC(=O)O)cc2)c2ccccc2n1. The number of para-hydroxylation sites is 2. The lowest BCUT2D eigenvalue weighted by Crippen LogP contribution is -2.04. The summed E-state index contributed by atoms with van der Waals surface area (Å²) >= 11 is 0. The van der Waals surface area contributed by atoms with Gasteiger partial charge in [0.25, 0.3) is 0 Å². The minimum absolute atomic E-state index is 0.337. The number of rotatable bonds is 7. The third kappa shape index (κ3) is 4.92. The van der Waals surface area contributed by atoms with Crippen LogP contribution in [0.3, 0.4) is 0 Å². The van der Waals surface area contributed by atoms with Crippen LogP contribution in [0.1, 0.15) is 36.6 Å². The van der Waals surface area contributed by atoms with Crippen LogP contribution in [0.4, 0.5) is 4.79 Å². The zero-order valence-corrected chi connectivity index (χ0v) is 17.5. The number of fused-ring (bicyclic) bond motifs is 1. The van der Waals surface area contributed by atoms with Crippen LogP contribution in [-0.4, -0.2) is 16.2 Å². The van der Waals surface area contributed by atoms with Crippen molar-refractivity contribution in [3.05, 3.63) is 95.7 Å². The zero-order chi connectivity index (χ0) is 21.6. The molecule has 0 aliphatic carbocycles. The van der Waals surface area contributed by atoms with E-state index >= 15 is 0 Å². The predicted molar refractivity (Wildman–Crippen MR) is 124 cm³/mol. The number of ether oxygens (including phenoxy) is 1. The quantitative estimate of drug-likeness (QED) is 0.266. The molecule has 1 aromatic heterocycles. The summed E-state index contributed by atoms with van der Waals surface area (Å²) in [4.78, 5) is 15.8.